The minimum Gasteiger partial charge on any atom is -0.460 e. The molecule has 0 aliphatic heterocycles. The van der Waals surface area contributed by atoms with Crippen LogP contribution in [0.15, 0.2) is 74.4 Å². The summed E-state index contributed by atoms with van der Waals surface area (Å²) in [6.07, 6.45) is 0. The SMILES string of the molecule is O=S(=O)(NCc1ccc(-c2ccc(Br)cc2)o1)c1cccc(F)c1. The van der Waals surface area contributed by atoms with Gasteiger partial charge in [-0.1, -0.05) is 34.1 Å². The number of hydrogen-bond donors (Lipinski definition) is 1. The lowest BCUT2D eigenvalue weighted by molar-refractivity contribution is 0.509. The van der Waals surface area contributed by atoms with Crippen LogP contribution in [-0.4, -0.2) is 8.42 Å². The number of rotatable bonds is 5. The van der Waals surface area contributed by atoms with Crippen LogP contribution >= 0.6 is 15.9 Å². The summed E-state index contributed by atoms with van der Waals surface area (Å²) in [5, 5.41) is 0. The third-order valence-corrected chi connectivity index (χ3v) is 5.26. The second-order valence-electron chi connectivity index (χ2n) is 5.05. The van der Waals surface area contributed by atoms with Gasteiger partial charge in [0.05, 0.1) is 11.4 Å². The van der Waals surface area contributed by atoms with Gasteiger partial charge in [0.2, 0.25) is 10.0 Å². The van der Waals surface area contributed by atoms with E-state index in [2.05, 4.69) is 20.7 Å². The van der Waals surface area contributed by atoms with Crippen LogP contribution in [0.25, 0.3) is 11.3 Å². The highest BCUT2D eigenvalue weighted by molar-refractivity contribution is 9.10. The second-order valence-corrected chi connectivity index (χ2v) is 7.74. The maximum Gasteiger partial charge on any atom is 0.241 e. The lowest BCUT2D eigenvalue weighted by Crippen LogP contribution is -2.23. The fraction of sp³-hybridized carbons (Fsp3) is 0.0588. The summed E-state index contributed by atoms with van der Waals surface area (Å²) in [6, 6.07) is 15.9. The zero-order valence-corrected chi connectivity index (χ0v) is 14.8. The van der Waals surface area contributed by atoms with E-state index < -0.39 is 15.8 Å². The molecule has 0 aliphatic rings. The summed E-state index contributed by atoms with van der Waals surface area (Å²) < 4.78 is 46.5. The Bertz CT molecular complexity index is 952. The van der Waals surface area contributed by atoms with Crippen molar-refractivity contribution >= 4 is 26.0 Å². The highest BCUT2D eigenvalue weighted by Gasteiger charge is 2.15. The van der Waals surface area contributed by atoms with Crippen LogP contribution in [0.1, 0.15) is 5.76 Å². The fourth-order valence-corrected chi connectivity index (χ4v) is 3.41. The predicted molar refractivity (Wildman–Crippen MR) is 92.3 cm³/mol. The smallest absolute Gasteiger partial charge is 0.241 e. The van der Waals surface area contributed by atoms with Crippen molar-refractivity contribution in [1.82, 2.24) is 4.72 Å². The number of hydrogen-bond acceptors (Lipinski definition) is 3. The molecule has 0 amide bonds. The first kappa shape index (κ1) is 16.9. The van der Waals surface area contributed by atoms with Crippen LogP contribution in [0.4, 0.5) is 4.39 Å². The molecular formula is C17H13BrFNO3S. The quantitative estimate of drug-likeness (QED) is 0.682. The van der Waals surface area contributed by atoms with Gasteiger partial charge in [-0.05, 0) is 42.5 Å². The molecule has 24 heavy (non-hydrogen) atoms. The monoisotopic (exact) mass is 409 g/mol. The Hall–Kier alpha value is -1.96. The third-order valence-electron chi connectivity index (χ3n) is 3.33. The first-order valence-electron chi connectivity index (χ1n) is 7.04. The molecule has 4 nitrogen and oxygen atoms in total. The van der Waals surface area contributed by atoms with E-state index in [9.17, 15) is 12.8 Å². The van der Waals surface area contributed by atoms with E-state index in [0.717, 1.165) is 16.1 Å². The van der Waals surface area contributed by atoms with Crippen molar-refractivity contribution in [2.24, 2.45) is 0 Å². The molecule has 7 heteroatoms. The molecule has 3 rings (SSSR count). The summed E-state index contributed by atoms with van der Waals surface area (Å²) in [5.74, 6) is 0.503. The fourth-order valence-electron chi connectivity index (χ4n) is 2.13. The summed E-state index contributed by atoms with van der Waals surface area (Å²) in [7, 11) is -3.80. The van der Waals surface area contributed by atoms with Crippen molar-refractivity contribution < 1.29 is 17.2 Å². The Morgan fingerprint density at radius 1 is 1.04 bits per heavy atom. The van der Waals surface area contributed by atoms with Crippen molar-refractivity contribution in [1.29, 1.82) is 0 Å². The van der Waals surface area contributed by atoms with E-state index in [1.54, 1.807) is 12.1 Å². The number of halogens is 2. The lowest BCUT2D eigenvalue weighted by atomic mass is 10.2. The summed E-state index contributed by atoms with van der Waals surface area (Å²) in [5.41, 5.74) is 0.887. The van der Waals surface area contributed by atoms with Gasteiger partial charge in [0.25, 0.3) is 0 Å². The van der Waals surface area contributed by atoms with E-state index in [1.165, 1.54) is 18.2 Å². The van der Waals surface area contributed by atoms with Crippen molar-refractivity contribution in [3.8, 4) is 11.3 Å². The Kier molecular flexibility index (Phi) is 4.84. The molecule has 0 saturated carbocycles. The van der Waals surface area contributed by atoms with Crippen molar-refractivity contribution in [2.75, 3.05) is 0 Å². The maximum atomic E-state index is 13.2. The molecule has 0 spiro atoms. The molecule has 0 aliphatic carbocycles. The van der Waals surface area contributed by atoms with E-state index in [0.29, 0.717) is 11.5 Å². The molecule has 0 atom stereocenters. The van der Waals surface area contributed by atoms with Gasteiger partial charge in [0, 0.05) is 10.0 Å². The number of benzene rings is 2. The highest BCUT2D eigenvalue weighted by Crippen LogP contribution is 2.24. The first-order valence-corrected chi connectivity index (χ1v) is 9.31. The zero-order valence-electron chi connectivity index (χ0n) is 12.4. The van der Waals surface area contributed by atoms with Crippen LogP contribution < -0.4 is 4.72 Å². The Balaban J connectivity index is 1.72. The number of sulfonamides is 1. The molecule has 0 fully saturated rings. The molecular weight excluding hydrogens is 397 g/mol. The minimum atomic E-state index is -3.80. The van der Waals surface area contributed by atoms with Gasteiger partial charge in [0.15, 0.2) is 0 Å². The van der Waals surface area contributed by atoms with Gasteiger partial charge in [0.1, 0.15) is 17.3 Å². The van der Waals surface area contributed by atoms with Crippen molar-refractivity contribution in [3.05, 3.63) is 76.7 Å². The second kappa shape index (κ2) is 6.88. The maximum absolute atomic E-state index is 13.2. The third kappa shape index (κ3) is 3.92. The van der Waals surface area contributed by atoms with Crippen LogP contribution in [0.2, 0.25) is 0 Å². The summed E-state index contributed by atoms with van der Waals surface area (Å²) >= 11 is 3.36. The van der Waals surface area contributed by atoms with E-state index in [4.69, 9.17) is 4.42 Å². The topological polar surface area (TPSA) is 59.3 Å². The number of furan rings is 1. The van der Waals surface area contributed by atoms with E-state index in [1.807, 2.05) is 24.3 Å². The molecule has 1 aromatic heterocycles. The average Bonchev–Trinajstić information content (AvgIpc) is 3.03. The summed E-state index contributed by atoms with van der Waals surface area (Å²) in [6.45, 7) is -0.0185. The van der Waals surface area contributed by atoms with Crippen molar-refractivity contribution in [2.45, 2.75) is 11.4 Å². The van der Waals surface area contributed by atoms with Crippen LogP contribution in [0.3, 0.4) is 0 Å². The van der Waals surface area contributed by atoms with E-state index in [-0.39, 0.29) is 11.4 Å². The first-order chi connectivity index (χ1) is 11.4. The van der Waals surface area contributed by atoms with Gasteiger partial charge in [-0.15, -0.1) is 0 Å². The van der Waals surface area contributed by atoms with Gasteiger partial charge in [-0.25, -0.2) is 17.5 Å². The molecule has 2 aromatic carbocycles. The molecule has 1 heterocycles. The van der Waals surface area contributed by atoms with Gasteiger partial charge in [-0.3, -0.25) is 0 Å². The normalized spacial score (nSPS) is 11.6. The molecule has 0 bridgehead atoms. The Labute approximate surface area is 147 Å². The predicted octanol–water partition coefficient (Wildman–Crippen LogP) is 4.33. The molecule has 0 saturated heterocycles. The summed E-state index contributed by atoms with van der Waals surface area (Å²) in [4.78, 5) is -0.123. The molecule has 124 valence electrons. The molecule has 0 radical (unpaired) electrons. The largest absolute Gasteiger partial charge is 0.460 e. The van der Waals surface area contributed by atoms with Gasteiger partial charge >= 0.3 is 0 Å². The molecule has 0 unspecified atom stereocenters. The highest BCUT2D eigenvalue weighted by atomic mass is 79.9. The lowest BCUT2D eigenvalue weighted by Gasteiger charge is -2.05. The standard InChI is InChI=1S/C17H13BrFNO3S/c18-13-6-4-12(5-7-13)17-9-8-15(23-17)11-20-24(21,22)16-3-1-2-14(19)10-16/h1-10,20H,11H2. The molecule has 3 aromatic rings. The number of nitrogens with one attached hydrogen (secondary N) is 1. The van der Waals surface area contributed by atoms with Crippen LogP contribution in [0.5, 0.6) is 0 Å². The van der Waals surface area contributed by atoms with E-state index >= 15 is 0 Å². The van der Waals surface area contributed by atoms with Gasteiger partial charge < -0.3 is 4.42 Å². The van der Waals surface area contributed by atoms with Gasteiger partial charge in [-0.2, -0.15) is 0 Å². The van der Waals surface area contributed by atoms with Crippen molar-refractivity contribution in [3.63, 3.8) is 0 Å². The minimum absolute atomic E-state index is 0.0185. The Morgan fingerprint density at radius 3 is 2.50 bits per heavy atom. The molecule has 1 N–H and O–H groups in total. The average molecular weight is 410 g/mol. The van der Waals surface area contributed by atoms with Crippen LogP contribution in [0, 0.1) is 5.82 Å². The Morgan fingerprint density at radius 2 is 1.79 bits per heavy atom. The zero-order chi connectivity index (χ0) is 17.2. The van der Waals surface area contributed by atoms with Crippen LogP contribution in [-0.2, 0) is 16.6 Å².